The van der Waals surface area contributed by atoms with Gasteiger partial charge in [0.1, 0.15) is 17.5 Å². The standard InChI is InChI=1S/C18H14Cl2FN3O/c19-16-5-4-15(9-17(16)20)24-18(25)13(10-22)11-23-7-6-12-2-1-3-14(21)8-12/h1-5,8-9,11,23H,6-7H2,(H,24,25)/b13-11-. The van der Waals surface area contributed by atoms with E-state index in [4.69, 9.17) is 28.5 Å². The predicted octanol–water partition coefficient (Wildman–Crippen LogP) is 4.31. The number of nitrogens with zero attached hydrogens (tertiary/aromatic N) is 1. The van der Waals surface area contributed by atoms with E-state index in [2.05, 4.69) is 10.6 Å². The first kappa shape index (κ1) is 18.8. The van der Waals surface area contributed by atoms with Crippen LogP contribution in [0.25, 0.3) is 0 Å². The van der Waals surface area contributed by atoms with Crippen LogP contribution in [0.15, 0.2) is 54.2 Å². The van der Waals surface area contributed by atoms with Gasteiger partial charge in [0.05, 0.1) is 10.0 Å². The van der Waals surface area contributed by atoms with Crippen LogP contribution in [0.5, 0.6) is 0 Å². The lowest BCUT2D eigenvalue weighted by Gasteiger charge is -2.06. The normalized spacial score (nSPS) is 10.9. The van der Waals surface area contributed by atoms with E-state index in [1.54, 1.807) is 24.3 Å². The Morgan fingerprint density at radius 2 is 2.00 bits per heavy atom. The summed E-state index contributed by atoms with van der Waals surface area (Å²) in [7, 11) is 0. The third-order valence-corrected chi connectivity index (χ3v) is 3.98. The molecule has 0 bridgehead atoms. The molecule has 0 aromatic heterocycles. The second-order valence-corrected chi connectivity index (χ2v) is 5.90. The molecule has 0 saturated heterocycles. The molecule has 0 saturated carbocycles. The van der Waals surface area contributed by atoms with Crippen LogP contribution in [-0.4, -0.2) is 12.5 Å². The molecule has 2 aromatic rings. The number of hydrogen-bond donors (Lipinski definition) is 2. The second-order valence-electron chi connectivity index (χ2n) is 5.09. The summed E-state index contributed by atoms with van der Waals surface area (Å²) in [6, 6.07) is 12.7. The molecule has 7 heteroatoms. The molecule has 0 aliphatic carbocycles. The van der Waals surface area contributed by atoms with Crippen molar-refractivity contribution in [3.63, 3.8) is 0 Å². The molecule has 0 fully saturated rings. The van der Waals surface area contributed by atoms with Crippen molar-refractivity contribution in [2.45, 2.75) is 6.42 Å². The van der Waals surface area contributed by atoms with Gasteiger partial charge in [0.2, 0.25) is 0 Å². The van der Waals surface area contributed by atoms with Crippen molar-refractivity contribution >= 4 is 34.8 Å². The summed E-state index contributed by atoms with van der Waals surface area (Å²) in [4.78, 5) is 12.1. The SMILES string of the molecule is N#C/C(=C/NCCc1cccc(F)c1)C(=O)Nc1ccc(Cl)c(Cl)c1. The maximum atomic E-state index is 13.1. The largest absolute Gasteiger partial charge is 0.389 e. The van der Waals surface area contributed by atoms with Gasteiger partial charge in [0.15, 0.2) is 0 Å². The number of carbonyl (C=O) groups is 1. The molecule has 128 valence electrons. The van der Waals surface area contributed by atoms with E-state index in [9.17, 15) is 9.18 Å². The minimum Gasteiger partial charge on any atom is -0.389 e. The zero-order chi connectivity index (χ0) is 18.2. The fourth-order valence-electron chi connectivity index (χ4n) is 2.00. The summed E-state index contributed by atoms with van der Waals surface area (Å²) in [5, 5.41) is 15.2. The van der Waals surface area contributed by atoms with Gasteiger partial charge in [-0.25, -0.2) is 4.39 Å². The number of carbonyl (C=O) groups excluding carboxylic acids is 1. The van der Waals surface area contributed by atoms with Gasteiger partial charge in [-0.2, -0.15) is 5.26 Å². The van der Waals surface area contributed by atoms with Gasteiger partial charge in [-0.3, -0.25) is 4.79 Å². The molecular weight excluding hydrogens is 364 g/mol. The second kappa shape index (κ2) is 9.07. The van der Waals surface area contributed by atoms with Crippen molar-refractivity contribution in [3.05, 3.63) is 75.7 Å². The molecule has 0 spiro atoms. The van der Waals surface area contributed by atoms with Crippen molar-refractivity contribution in [1.29, 1.82) is 5.26 Å². The van der Waals surface area contributed by atoms with Gasteiger partial charge in [-0.1, -0.05) is 35.3 Å². The smallest absolute Gasteiger partial charge is 0.267 e. The Balaban J connectivity index is 1.91. The van der Waals surface area contributed by atoms with Gasteiger partial charge in [0, 0.05) is 18.4 Å². The fraction of sp³-hybridized carbons (Fsp3) is 0.111. The van der Waals surface area contributed by atoms with Gasteiger partial charge in [-0.05, 0) is 42.3 Å². The first-order valence-corrected chi connectivity index (χ1v) is 8.09. The molecule has 0 aliphatic rings. The van der Waals surface area contributed by atoms with E-state index in [0.29, 0.717) is 28.7 Å². The van der Waals surface area contributed by atoms with Crippen molar-refractivity contribution in [2.75, 3.05) is 11.9 Å². The molecule has 2 aromatic carbocycles. The van der Waals surface area contributed by atoms with E-state index < -0.39 is 5.91 Å². The Kier molecular flexibility index (Phi) is 6.81. The minimum absolute atomic E-state index is 0.0923. The molecule has 2 N–H and O–H groups in total. The lowest BCUT2D eigenvalue weighted by molar-refractivity contribution is -0.112. The van der Waals surface area contributed by atoms with E-state index in [0.717, 1.165) is 5.56 Å². The molecule has 2 rings (SSSR count). The highest BCUT2D eigenvalue weighted by molar-refractivity contribution is 6.42. The van der Waals surface area contributed by atoms with Crippen molar-refractivity contribution in [3.8, 4) is 6.07 Å². The average molecular weight is 378 g/mol. The molecule has 0 heterocycles. The third kappa shape index (κ3) is 5.79. The minimum atomic E-state index is -0.570. The first-order chi connectivity index (χ1) is 12.0. The highest BCUT2D eigenvalue weighted by atomic mass is 35.5. The summed E-state index contributed by atoms with van der Waals surface area (Å²) < 4.78 is 13.1. The Bertz CT molecular complexity index is 846. The van der Waals surface area contributed by atoms with Crippen LogP contribution in [0.3, 0.4) is 0 Å². The summed E-state index contributed by atoms with van der Waals surface area (Å²) in [6.07, 6.45) is 1.88. The average Bonchev–Trinajstić information content (AvgIpc) is 2.58. The lowest BCUT2D eigenvalue weighted by atomic mass is 10.1. The maximum absolute atomic E-state index is 13.1. The molecular formula is C18H14Cl2FN3O. The molecule has 0 atom stereocenters. The first-order valence-electron chi connectivity index (χ1n) is 7.34. The van der Waals surface area contributed by atoms with Crippen LogP contribution in [0.4, 0.5) is 10.1 Å². The van der Waals surface area contributed by atoms with Crippen LogP contribution in [-0.2, 0) is 11.2 Å². The van der Waals surface area contributed by atoms with E-state index in [1.807, 2.05) is 6.07 Å². The highest BCUT2D eigenvalue weighted by Crippen LogP contribution is 2.25. The number of rotatable bonds is 6. The van der Waals surface area contributed by atoms with Gasteiger partial charge in [-0.15, -0.1) is 0 Å². The Morgan fingerprint density at radius 1 is 1.20 bits per heavy atom. The monoisotopic (exact) mass is 377 g/mol. The van der Waals surface area contributed by atoms with Crippen molar-refractivity contribution < 1.29 is 9.18 Å². The number of hydrogen-bond acceptors (Lipinski definition) is 3. The quantitative estimate of drug-likeness (QED) is 0.447. The predicted molar refractivity (Wildman–Crippen MR) is 96.9 cm³/mol. The van der Waals surface area contributed by atoms with Crippen LogP contribution < -0.4 is 10.6 Å². The molecule has 0 unspecified atom stereocenters. The van der Waals surface area contributed by atoms with Gasteiger partial charge in [0.25, 0.3) is 5.91 Å². The number of halogens is 3. The number of nitriles is 1. The zero-order valence-electron chi connectivity index (χ0n) is 13.0. The van der Waals surface area contributed by atoms with E-state index in [-0.39, 0.29) is 11.4 Å². The van der Waals surface area contributed by atoms with Crippen LogP contribution in [0.1, 0.15) is 5.56 Å². The molecule has 25 heavy (non-hydrogen) atoms. The Hall–Kier alpha value is -2.55. The number of amides is 1. The van der Waals surface area contributed by atoms with Crippen LogP contribution in [0.2, 0.25) is 10.0 Å². The number of nitrogens with one attached hydrogen (secondary N) is 2. The molecule has 0 radical (unpaired) electrons. The number of anilines is 1. The highest BCUT2D eigenvalue weighted by Gasteiger charge is 2.10. The van der Waals surface area contributed by atoms with Gasteiger partial charge >= 0.3 is 0 Å². The third-order valence-electron chi connectivity index (χ3n) is 3.24. The Morgan fingerprint density at radius 3 is 2.68 bits per heavy atom. The molecule has 0 aliphatic heterocycles. The Labute approximate surface area is 154 Å². The summed E-state index contributed by atoms with van der Waals surface area (Å²) in [5.74, 6) is -0.870. The van der Waals surface area contributed by atoms with Crippen LogP contribution in [0, 0.1) is 17.1 Å². The van der Waals surface area contributed by atoms with Gasteiger partial charge < -0.3 is 10.6 Å². The number of benzene rings is 2. The topological polar surface area (TPSA) is 64.9 Å². The van der Waals surface area contributed by atoms with Crippen molar-refractivity contribution in [1.82, 2.24) is 5.32 Å². The zero-order valence-corrected chi connectivity index (χ0v) is 14.5. The van der Waals surface area contributed by atoms with E-state index in [1.165, 1.54) is 24.4 Å². The molecule has 4 nitrogen and oxygen atoms in total. The fourth-order valence-corrected chi connectivity index (χ4v) is 2.30. The summed E-state index contributed by atoms with van der Waals surface area (Å²) in [6.45, 7) is 0.453. The lowest BCUT2D eigenvalue weighted by Crippen LogP contribution is -2.18. The van der Waals surface area contributed by atoms with E-state index >= 15 is 0 Å². The summed E-state index contributed by atoms with van der Waals surface area (Å²) in [5.41, 5.74) is 1.16. The summed E-state index contributed by atoms with van der Waals surface area (Å²) >= 11 is 11.7. The van der Waals surface area contributed by atoms with Crippen molar-refractivity contribution in [2.24, 2.45) is 0 Å². The van der Waals surface area contributed by atoms with Crippen LogP contribution >= 0.6 is 23.2 Å². The maximum Gasteiger partial charge on any atom is 0.267 e. The molecule has 1 amide bonds.